The summed E-state index contributed by atoms with van der Waals surface area (Å²) < 4.78 is 5.97. The third kappa shape index (κ3) is 3.69. The van der Waals surface area contributed by atoms with Gasteiger partial charge in [-0.05, 0) is 70.0 Å². The van der Waals surface area contributed by atoms with Crippen molar-refractivity contribution in [2.24, 2.45) is 11.3 Å². The molecule has 1 heterocycles. The number of piperidine rings is 1. The van der Waals surface area contributed by atoms with Crippen LogP contribution < -0.4 is 0 Å². The van der Waals surface area contributed by atoms with Gasteiger partial charge in [-0.2, -0.15) is 0 Å². The van der Waals surface area contributed by atoms with E-state index in [4.69, 9.17) is 4.74 Å². The topological polar surface area (TPSA) is 12.5 Å². The van der Waals surface area contributed by atoms with E-state index in [0.717, 1.165) is 12.5 Å². The van der Waals surface area contributed by atoms with Crippen LogP contribution in [-0.2, 0) is 4.74 Å². The molecule has 0 N–H and O–H groups in total. The van der Waals surface area contributed by atoms with E-state index in [2.05, 4.69) is 25.8 Å². The molecule has 1 saturated carbocycles. The molecule has 2 nitrogen and oxygen atoms in total. The lowest BCUT2D eigenvalue weighted by Gasteiger charge is -2.51. The zero-order chi connectivity index (χ0) is 12.3. The molecule has 0 aromatic heterocycles. The zero-order valence-electron chi connectivity index (χ0n) is 11.9. The van der Waals surface area contributed by atoms with Crippen LogP contribution in [0.3, 0.4) is 0 Å². The van der Waals surface area contributed by atoms with Crippen LogP contribution in [-0.4, -0.2) is 37.7 Å². The normalized spacial score (nSPS) is 25.4. The quantitative estimate of drug-likeness (QED) is 0.682. The van der Waals surface area contributed by atoms with E-state index in [1.165, 1.54) is 51.6 Å². The van der Waals surface area contributed by atoms with Crippen LogP contribution in [0.1, 0.15) is 52.4 Å². The van der Waals surface area contributed by atoms with E-state index < -0.39 is 0 Å². The van der Waals surface area contributed by atoms with Crippen LogP contribution in [0.15, 0.2) is 0 Å². The Balaban J connectivity index is 1.56. The molecule has 0 bridgehead atoms. The number of ether oxygens (including phenoxy) is 1. The molecule has 2 fully saturated rings. The van der Waals surface area contributed by atoms with Gasteiger partial charge in [0.25, 0.3) is 0 Å². The van der Waals surface area contributed by atoms with Gasteiger partial charge in [-0.15, -0.1) is 0 Å². The van der Waals surface area contributed by atoms with Crippen LogP contribution in [0.25, 0.3) is 0 Å². The van der Waals surface area contributed by atoms with Gasteiger partial charge in [0.2, 0.25) is 0 Å². The minimum atomic E-state index is 0.588. The molecule has 1 saturated heterocycles. The number of rotatable bonds is 5. The molecule has 1 spiro atoms. The Morgan fingerprint density at radius 2 is 1.88 bits per heavy atom. The molecule has 1 aliphatic heterocycles. The van der Waals surface area contributed by atoms with Gasteiger partial charge >= 0.3 is 0 Å². The third-order valence-electron chi connectivity index (χ3n) is 4.65. The predicted molar refractivity (Wildman–Crippen MR) is 72.2 cm³/mol. The van der Waals surface area contributed by atoms with Crippen molar-refractivity contribution in [3.63, 3.8) is 0 Å². The average molecular weight is 239 g/mol. The molecule has 0 radical (unpaired) electrons. The van der Waals surface area contributed by atoms with Crippen molar-refractivity contribution < 1.29 is 4.74 Å². The summed E-state index contributed by atoms with van der Waals surface area (Å²) in [5.74, 6) is 0.820. The Bertz CT molecular complexity index is 223. The summed E-state index contributed by atoms with van der Waals surface area (Å²) in [5, 5.41) is 0. The molecule has 2 rings (SSSR count). The van der Waals surface area contributed by atoms with Crippen molar-refractivity contribution in [3.05, 3.63) is 0 Å². The monoisotopic (exact) mass is 239 g/mol. The second kappa shape index (κ2) is 5.71. The molecule has 1 aliphatic carbocycles. The molecule has 0 aromatic carbocycles. The summed E-state index contributed by atoms with van der Waals surface area (Å²) in [6, 6.07) is 0. The Morgan fingerprint density at radius 3 is 2.47 bits per heavy atom. The molecule has 17 heavy (non-hydrogen) atoms. The summed E-state index contributed by atoms with van der Waals surface area (Å²) in [6.45, 7) is 8.15. The predicted octanol–water partition coefficient (Wildman–Crippen LogP) is 3.31. The first-order valence-electron chi connectivity index (χ1n) is 7.40. The summed E-state index contributed by atoms with van der Waals surface area (Å²) in [4.78, 5) is 2.46. The van der Waals surface area contributed by atoms with E-state index in [1.807, 2.05) is 0 Å². The minimum Gasteiger partial charge on any atom is -0.378 e. The zero-order valence-corrected chi connectivity index (χ0v) is 11.9. The minimum absolute atomic E-state index is 0.588. The largest absolute Gasteiger partial charge is 0.378 e. The second-order valence-corrected chi connectivity index (χ2v) is 6.74. The Morgan fingerprint density at radius 1 is 1.24 bits per heavy atom. The smallest absolute Gasteiger partial charge is 0.0585 e. The molecule has 0 atom stereocenters. The SMILES string of the molecule is CC(C)CCCOC1CC2(CCN(C)CC2)C1. The maximum absolute atomic E-state index is 5.97. The lowest BCUT2D eigenvalue weighted by molar-refractivity contribution is -0.103. The molecular formula is C15H29NO. The lowest BCUT2D eigenvalue weighted by atomic mass is 9.61. The molecule has 2 heteroatoms. The molecule has 0 aromatic rings. The lowest BCUT2D eigenvalue weighted by Crippen LogP contribution is -2.49. The van der Waals surface area contributed by atoms with Crippen molar-refractivity contribution in [2.75, 3.05) is 26.7 Å². The van der Waals surface area contributed by atoms with Gasteiger partial charge in [-0.3, -0.25) is 0 Å². The Hall–Kier alpha value is -0.0800. The Labute approximate surface area is 107 Å². The fourth-order valence-electron chi connectivity index (χ4n) is 3.27. The van der Waals surface area contributed by atoms with E-state index in [9.17, 15) is 0 Å². The molecule has 0 unspecified atom stereocenters. The fraction of sp³-hybridized carbons (Fsp3) is 1.00. The number of likely N-dealkylation sites (tertiary alicyclic amines) is 1. The highest BCUT2D eigenvalue weighted by Crippen LogP contribution is 2.50. The second-order valence-electron chi connectivity index (χ2n) is 6.74. The maximum Gasteiger partial charge on any atom is 0.0585 e. The van der Waals surface area contributed by atoms with Gasteiger partial charge < -0.3 is 9.64 Å². The highest BCUT2D eigenvalue weighted by atomic mass is 16.5. The molecule has 100 valence electrons. The molecule has 2 aliphatic rings. The van der Waals surface area contributed by atoms with Crippen molar-refractivity contribution in [1.29, 1.82) is 0 Å². The van der Waals surface area contributed by atoms with E-state index >= 15 is 0 Å². The van der Waals surface area contributed by atoms with Crippen molar-refractivity contribution in [1.82, 2.24) is 4.90 Å². The number of nitrogens with zero attached hydrogens (tertiary/aromatic N) is 1. The van der Waals surface area contributed by atoms with Gasteiger partial charge in [0, 0.05) is 6.61 Å². The van der Waals surface area contributed by atoms with Crippen LogP contribution in [0.2, 0.25) is 0 Å². The molecule has 0 amide bonds. The fourth-order valence-corrected chi connectivity index (χ4v) is 3.27. The first kappa shape index (κ1) is 13.4. The number of hydrogen-bond acceptors (Lipinski definition) is 2. The van der Waals surface area contributed by atoms with Gasteiger partial charge in [0.1, 0.15) is 0 Å². The van der Waals surface area contributed by atoms with Crippen LogP contribution >= 0.6 is 0 Å². The summed E-state index contributed by atoms with van der Waals surface area (Å²) in [6.07, 6.45) is 8.60. The van der Waals surface area contributed by atoms with Crippen molar-refractivity contribution in [2.45, 2.75) is 58.5 Å². The third-order valence-corrected chi connectivity index (χ3v) is 4.65. The van der Waals surface area contributed by atoms with E-state index in [-0.39, 0.29) is 0 Å². The van der Waals surface area contributed by atoms with Gasteiger partial charge in [-0.25, -0.2) is 0 Å². The van der Waals surface area contributed by atoms with Crippen LogP contribution in [0.5, 0.6) is 0 Å². The van der Waals surface area contributed by atoms with E-state index in [1.54, 1.807) is 0 Å². The summed E-state index contributed by atoms with van der Waals surface area (Å²) in [7, 11) is 2.24. The van der Waals surface area contributed by atoms with Gasteiger partial charge in [0.05, 0.1) is 6.10 Å². The molecular weight excluding hydrogens is 210 g/mol. The highest BCUT2D eigenvalue weighted by molar-refractivity contribution is 4.97. The first-order valence-corrected chi connectivity index (χ1v) is 7.40. The van der Waals surface area contributed by atoms with Crippen molar-refractivity contribution in [3.8, 4) is 0 Å². The maximum atomic E-state index is 5.97. The Kier molecular flexibility index (Phi) is 4.48. The number of hydrogen-bond donors (Lipinski definition) is 0. The average Bonchev–Trinajstić information content (AvgIpc) is 2.24. The van der Waals surface area contributed by atoms with Crippen molar-refractivity contribution >= 4 is 0 Å². The van der Waals surface area contributed by atoms with Gasteiger partial charge in [-0.1, -0.05) is 13.8 Å². The van der Waals surface area contributed by atoms with Gasteiger partial charge in [0.15, 0.2) is 0 Å². The standard InChI is InChI=1S/C15H29NO/c1-13(2)5-4-10-17-14-11-15(12-14)6-8-16(3)9-7-15/h13-14H,4-12H2,1-3H3. The van der Waals surface area contributed by atoms with Crippen LogP contribution in [0.4, 0.5) is 0 Å². The summed E-state index contributed by atoms with van der Waals surface area (Å²) >= 11 is 0. The first-order chi connectivity index (χ1) is 8.10. The highest BCUT2D eigenvalue weighted by Gasteiger charge is 2.45. The van der Waals surface area contributed by atoms with Crippen LogP contribution in [0, 0.1) is 11.3 Å². The van der Waals surface area contributed by atoms with E-state index in [0.29, 0.717) is 11.5 Å². The summed E-state index contributed by atoms with van der Waals surface area (Å²) in [5.41, 5.74) is 0.676.